The summed E-state index contributed by atoms with van der Waals surface area (Å²) in [4.78, 5) is 11.8. The summed E-state index contributed by atoms with van der Waals surface area (Å²) in [6.07, 6.45) is 0. The van der Waals surface area contributed by atoms with Crippen LogP contribution >= 0.6 is 11.6 Å². The van der Waals surface area contributed by atoms with Gasteiger partial charge in [-0.15, -0.1) is 10.2 Å². The molecule has 0 saturated heterocycles. The van der Waals surface area contributed by atoms with Gasteiger partial charge in [0.05, 0.1) is 6.54 Å². The summed E-state index contributed by atoms with van der Waals surface area (Å²) in [6.45, 7) is 4.40. The van der Waals surface area contributed by atoms with E-state index in [-0.39, 0.29) is 12.5 Å². The molecule has 0 fully saturated rings. The largest absolute Gasteiger partial charge is 0.359 e. The number of carbonyl (C=O) groups is 1. The topological polar surface area (TPSA) is 66.9 Å². The number of benzene rings is 1. The van der Waals surface area contributed by atoms with Crippen LogP contribution in [-0.2, 0) is 11.3 Å². The van der Waals surface area contributed by atoms with E-state index in [0.29, 0.717) is 17.5 Å². The Morgan fingerprint density at radius 3 is 2.57 bits per heavy atom. The zero-order valence-corrected chi connectivity index (χ0v) is 12.7. The average Bonchev–Trinajstić information content (AvgIpc) is 2.51. The zero-order valence-electron chi connectivity index (χ0n) is 12.0. The first-order valence-corrected chi connectivity index (χ1v) is 6.99. The highest BCUT2D eigenvalue weighted by Crippen LogP contribution is 2.20. The summed E-state index contributed by atoms with van der Waals surface area (Å²) in [5, 5.41) is 14.0. The van der Waals surface area contributed by atoms with Gasteiger partial charge in [0.2, 0.25) is 5.91 Å². The summed E-state index contributed by atoms with van der Waals surface area (Å²) in [5.74, 6) is 0.472. The van der Waals surface area contributed by atoms with Gasteiger partial charge in [-0.1, -0.05) is 41.9 Å². The highest BCUT2D eigenvalue weighted by Gasteiger charge is 2.09. The van der Waals surface area contributed by atoms with Crippen LogP contribution in [0.2, 0.25) is 5.15 Å². The van der Waals surface area contributed by atoms with Gasteiger partial charge < -0.3 is 10.6 Å². The molecule has 1 amide bonds. The van der Waals surface area contributed by atoms with Crippen LogP contribution in [0.15, 0.2) is 30.3 Å². The number of nitrogens with one attached hydrogen (secondary N) is 2. The molecule has 0 spiro atoms. The van der Waals surface area contributed by atoms with Crippen LogP contribution in [0, 0.1) is 13.8 Å². The van der Waals surface area contributed by atoms with Crippen LogP contribution < -0.4 is 10.6 Å². The number of halogens is 1. The lowest BCUT2D eigenvalue weighted by Crippen LogP contribution is -2.29. The summed E-state index contributed by atoms with van der Waals surface area (Å²) in [6, 6.07) is 9.75. The van der Waals surface area contributed by atoms with E-state index < -0.39 is 0 Å². The normalized spacial score (nSPS) is 10.2. The van der Waals surface area contributed by atoms with Crippen LogP contribution in [0.4, 0.5) is 5.82 Å². The van der Waals surface area contributed by atoms with Gasteiger partial charge in [-0.3, -0.25) is 4.79 Å². The molecule has 0 atom stereocenters. The van der Waals surface area contributed by atoms with Crippen molar-refractivity contribution in [3.63, 3.8) is 0 Å². The number of aromatic nitrogens is 2. The van der Waals surface area contributed by atoms with E-state index in [4.69, 9.17) is 11.6 Å². The Kier molecular flexibility index (Phi) is 5.11. The number of rotatable bonds is 5. The monoisotopic (exact) mass is 304 g/mol. The Labute approximate surface area is 128 Å². The van der Waals surface area contributed by atoms with Crippen molar-refractivity contribution in [2.45, 2.75) is 20.4 Å². The van der Waals surface area contributed by atoms with Crippen LogP contribution in [-0.4, -0.2) is 22.6 Å². The number of anilines is 1. The number of hydrogen-bond donors (Lipinski definition) is 2. The molecule has 1 heterocycles. The van der Waals surface area contributed by atoms with Gasteiger partial charge in [0, 0.05) is 6.54 Å². The van der Waals surface area contributed by atoms with Crippen LogP contribution in [0.25, 0.3) is 0 Å². The molecule has 0 saturated carbocycles. The lowest BCUT2D eigenvalue weighted by Gasteiger charge is -2.10. The molecule has 0 unspecified atom stereocenters. The second kappa shape index (κ2) is 7.04. The lowest BCUT2D eigenvalue weighted by atomic mass is 10.2. The van der Waals surface area contributed by atoms with E-state index in [1.807, 2.05) is 44.2 Å². The van der Waals surface area contributed by atoms with Gasteiger partial charge in [-0.25, -0.2) is 0 Å². The number of hydrogen-bond acceptors (Lipinski definition) is 4. The molecular weight excluding hydrogens is 288 g/mol. The summed E-state index contributed by atoms with van der Waals surface area (Å²) >= 11 is 5.89. The minimum Gasteiger partial charge on any atom is -0.359 e. The molecule has 0 aliphatic carbocycles. The van der Waals surface area contributed by atoms with E-state index >= 15 is 0 Å². The Balaban J connectivity index is 1.86. The maximum Gasteiger partial charge on any atom is 0.239 e. The molecule has 21 heavy (non-hydrogen) atoms. The van der Waals surface area contributed by atoms with Crippen molar-refractivity contribution in [1.29, 1.82) is 0 Å². The van der Waals surface area contributed by atoms with Crippen molar-refractivity contribution < 1.29 is 4.79 Å². The highest BCUT2D eigenvalue weighted by molar-refractivity contribution is 6.30. The van der Waals surface area contributed by atoms with Gasteiger partial charge in [-0.2, -0.15) is 0 Å². The summed E-state index contributed by atoms with van der Waals surface area (Å²) < 4.78 is 0. The minimum atomic E-state index is -0.104. The predicted molar refractivity (Wildman–Crippen MR) is 83.3 cm³/mol. The molecule has 1 aromatic carbocycles. The predicted octanol–water partition coefficient (Wildman–Crippen LogP) is 2.48. The van der Waals surface area contributed by atoms with Gasteiger partial charge >= 0.3 is 0 Å². The molecular formula is C15H17ClN4O. The minimum absolute atomic E-state index is 0.104. The molecule has 0 radical (unpaired) electrons. The van der Waals surface area contributed by atoms with Crippen molar-refractivity contribution >= 4 is 23.3 Å². The standard InChI is InChI=1S/C15H17ClN4O/c1-10-11(2)15(20-19-14(10)16)18-9-13(21)17-8-12-6-4-3-5-7-12/h3-7H,8-9H2,1-2H3,(H,17,21)(H,18,20). The second-order valence-electron chi connectivity index (χ2n) is 4.71. The molecule has 0 bridgehead atoms. The van der Waals surface area contributed by atoms with Gasteiger partial charge in [0.1, 0.15) is 0 Å². The Hall–Kier alpha value is -2.14. The van der Waals surface area contributed by atoms with Crippen molar-refractivity contribution in [3.8, 4) is 0 Å². The fraction of sp³-hybridized carbons (Fsp3) is 0.267. The first-order valence-electron chi connectivity index (χ1n) is 6.62. The molecule has 1 aromatic heterocycles. The summed E-state index contributed by atoms with van der Waals surface area (Å²) in [7, 11) is 0. The molecule has 0 aliphatic heterocycles. The van der Waals surface area contributed by atoms with Crippen molar-refractivity contribution in [3.05, 3.63) is 52.2 Å². The van der Waals surface area contributed by atoms with Gasteiger partial charge in [0.25, 0.3) is 0 Å². The number of carbonyl (C=O) groups excluding carboxylic acids is 1. The quantitative estimate of drug-likeness (QED) is 0.890. The van der Waals surface area contributed by atoms with E-state index in [9.17, 15) is 4.79 Å². The van der Waals surface area contributed by atoms with Crippen molar-refractivity contribution in [1.82, 2.24) is 15.5 Å². The van der Waals surface area contributed by atoms with E-state index in [2.05, 4.69) is 20.8 Å². The molecule has 2 N–H and O–H groups in total. The Morgan fingerprint density at radius 2 is 1.86 bits per heavy atom. The molecule has 6 heteroatoms. The van der Waals surface area contributed by atoms with Crippen LogP contribution in [0.5, 0.6) is 0 Å². The first-order chi connectivity index (χ1) is 10.1. The fourth-order valence-electron chi connectivity index (χ4n) is 1.77. The SMILES string of the molecule is Cc1c(Cl)nnc(NCC(=O)NCc2ccccc2)c1C. The second-order valence-corrected chi connectivity index (χ2v) is 5.06. The lowest BCUT2D eigenvalue weighted by molar-refractivity contribution is -0.119. The van der Waals surface area contributed by atoms with E-state index in [1.165, 1.54) is 0 Å². The van der Waals surface area contributed by atoms with Crippen LogP contribution in [0.3, 0.4) is 0 Å². The van der Waals surface area contributed by atoms with E-state index in [0.717, 1.165) is 16.7 Å². The Bertz CT molecular complexity index is 631. The summed E-state index contributed by atoms with van der Waals surface area (Å²) in [5.41, 5.74) is 2.81. The van der Waals surface area contributed by atoms with Crippen LogP contribution in [0.1, 0.15) is 16.7 Å². The maximum absolute atomic E-state index is 11.8. The smallest absolute Gasteiger partial charge is 0.239 e. The fourth-order valence-corrected chi connectivity index (χ4v) is 1.95. The number of amides is 1. The molecule has 2 rings (SSSR count). The third-order valence-electron chi connectivity index (χ3n) is 3.21. The average molecular weight is 305 g/mol. The third-order valence-corrected chi connectivity index (χ3v) is 3.57. The van der Waals surface area contributed by atoms with Gasteiger partial charge in [0.15, 0.2) is 11.0 Å². The Morgan fingerprint density at radius 1 is 1.14 bits per heavy atom. The molecule has 2 aromatic rings. The zero-order chi connectivity index (χ0) is 15.2. The maximum atomic E-state index is 11.8. The third kappa shape index (κ3) is 4.16. The van der Waals surface area contributed by atoms with E-state index in [1.54, 1.807) is 0 Å². The first kappa shape index (κ1) is 15.3. The highest BCUT2D eigenvalue weighted by atomic mass is 35.5. The molecule has 110 valence electrons. The number of nitrogens with zero attached hydrogens (tertiary/aromatic N) is 2. The van der Waals surface area contributed by atoms with Crippen molar-refractivity contribution in [2.75, 3.05) is 11.9 Å². The van der Waals surface area contributed by atoms with Crippen molar-refractivity contribution in [2.24, 2.45) is 0 Å². The molecule has 0 aliphatic rings. The molecule has 5 nitrogen and oxygen atoms in total. The van der Waals surface area contributed by atoms with Gasteiger partial charge in [-0.05, 0) is 30.5 Å².